The summed E-state index contributed by atoms with van der Waals surface area (Å²) in [6.45, 7) is 2.05. The fraction of sp³-hybridized carbons (Fsp3) is 0.375. The molecular formula is C24H25Cl2N3O2S. The van der Waals surface area contributed by atoms with E-state index in [-0.39, 0.29) is 11.7 Å². The highest BCUT2D eigenvalue weighted by atomic mass is 35.5. The Balaban J connectivity index is 1.28. The van der Waals surface area contributed by atoms with E-state index < -0.39 is 0 Å². The summed E-state index contributed by atoms with van der Waals surface area (Å²) in [5.41, 5.74) is 0.961. The molecule has 2 aromatic heterocycles. The normalized spacial score (nSPS) is 14.6. The van der Waals surface area contributed by atoms with Crippen molar-refractivity contribution in [1.82, 2.24) is 14.5 Å². The third kappa shape index (κ3) is 5.61. The van der Waals surface area contributed by atoms with Crippen LogP contribution in [0.3, 0.4) is 0 Å². The van der Waals surface area contributed by atoms with E-state index in [1.165, 1.54) is 11.3 Å². The number of carbonyl (C=O) groups is 2. The molecule has 168 valence electrons. The number of ketones is 1. The first-order valence-electron chi connectivity index (χ1n) is 10.8. The van der Waals surface area contributed by atoms with Gasteiger partial charge in [0.05, 0.1) is 11.4 Å². The summed E-state index contributed by atoms with van der Waals surface area (Å²) in [7, 11) is 0. The quantitative estimate of drug-likeness (QED) is 0.361. The number of rotatable bonds is 8. The lowest BCUT2D eigenvalue weighted by Gasteiger charge is -2.32. The van der Waals surface area contributed by atoms with Crippen LogP contribution in [-0.4, -0.2) is 39.2 Å². The number of hydrogen-bond acceptors (Lipinski definition) is 4. The van der Waals surface area contributed by atoms with Crippen LogP contribution in [0, 0.1) is 0 Å². The van der Waals surface area contributed by atoms with Gasteiger partial charge in [0.25, 0.3) is 0 Å². The van der Waals surface area contributed by atoms with Gasteiger partial charge < -0.3 is 9.47 Å². The lowest BCUT2D eigenvalue weighted by Crippen LogP contribution is -2.38. The van der Waals surface area contributed by atoms with Gasteiger partial charge in [-0.05, 0) is 54.5 Å². The molecule has 1 aromatic carbocycles. The summed E-state index contributed by atoms with van der Waals surface area (Å²) in [5, 5.41) is 3.25. The molecule has 1 saturated heterocycles. The Hall–Kier alpha value is -2.15. The number of amides is 1. The Kier molecular flexibility index (Phi) is 7.66. The van der Waals surface area contributed by atoms with Gasteiger partial charge in [-0.1, -0.05) is 29.3 Å². The van der Waals surface area contributed by atoms with E-state index in [0.717, 1.165) is 29.1 Å². The van der Waals surface area contributed by atoms with E-state index in [2.05, 4.69) is 9.55 Å². The molecule has 3 aromatic rings. The zero-order valence-electron chi connectivity index (χ0n) is 17.7. The highest BCUT2D eigenvalue weighted by molar-refractivity contribution is 7.12. The lowest BCUT2D eigenvalue weighted by atomic mass is 9.95. The van der Waals surface area contributed by atoms with Crippen molar-refractivity contribution >= 4 is 46.2 Å². The third-order valence-electron chi connectivity index (χ3n) is 5.90. The fourth-order valence-corrected chi connectivity index (χ4v) is 5.23. The van der Waals surface area contributed by atoms with Crippen molar-refractivity contribution in [2.24, 2.45) is 0 Å². The topological polar surface area (TPSA) is 55.2 Å². The number of aromatic nitrogens is 2. The van der Waals surface area contributed by atoms with Crippen LogP contribution in [0.5, 0.6) is 0 Å². The van der Waals surface area contributed by atoms with E-state index in [1.807, 2.05) is 46.9 Å². The lowest BCUT2D eigenvalue weighted by molar-refractivity contribution is -0.132. The largest absolute Gasteiger partial charge is 0.343 e. The number of imidazole rings is 1. The molecule has 0 aliphatic carbocycles. The molecule has 1 aliphatic rings. The molecule has 1 fully saturated rings. The summed E-state index contributed by atoms with van der Waals surface area (Å²) in [4.78, 5) is 32.0. The van der Waals surface area contributed by atoms with E-state index in [9.17, 15) is 9.59 Å². The second-order valence-corrected chi connectivity index (χ2v) is 9.85. The average Bonchev–Trinajstić information content (AvgIpc) is 3.49. The number of halogens is 2. The van der Waals surface area contributed by atoms with E-state index in [4.69, 9.17) is 23.2 Å². The second-order valence-electron chi connectivity index (χ2n) is 8.06. The summed E-state index contributed by atoms with van der Waals surface area (Å²) in [6.07, 6.45) is 6.97. The first-order valence-corrected chi connectivity index (χ1v) is 12.4. The van der Waals surface area contributed by atoms with Crippen molar-refractivity contribution in [3.8, 4) is 0 Å². The number of benzene rings is 1. The minimum atomic E-state index is 0.123. The maximum atomic E-state index is 12.6. The van der Waals surface area contributed by atoms with Crippen molar-refractivity contribution in [2.75, 3.05) is 13.1 Å². The van der Waals surface area contributed by atoms with Gasteiger partial charge in [-0.3, -0.25) is 9.59 Å². The van der Waals surface area contributed by atoms with E-state index in [1.54, 1.807) is 6.07 Å². The van der Waals surface area contributed by atoms with Crippen LogP contribution < -0.4 is 0 Å². The number of nitrogens with zero attached hydrogens (tertiary/aromatic N) is 3. The van der Waals surface area contributed by atoms with Crippen LogP contribution in [0.25, 0.3) is 0 Å². The second kappa shape index (κ2) is 10.6. The predicted molar refractivity (Wildman–Crippen MR) is 129 cm³/mol. The van der Waals surface area contributed by atoms with E-state index >= 15 is 0 Å². The molecule has 5 nitrogen and oxygen atoms in total. The van der Waals surface area contributed by atoms with Gasteiger partial charge in [-0.25, -0.2) is 4.98 Å². The summed E-state index contributed by atoms with van der Waals surface area (Å²) >= 11 is 13.9. The molecule has 0 radical (unpaired) electrons. The van der Waals surface area contributed by atoms with Crippen LogP contribution in [0.2, 0.25) is 10.0 Å². The molecule has 4 rings (SSSR count). The first kappa shape index (κ1) is 23.0. The minimum absolute atomic E-state index is 0.123. The smallest absolute Gasteiger partial charge is 0.222 e. The minimum Gasteiger partial charge on any atom is -0.343 e. The van der Waals surface area contributed by atoms with Crippen LogP contribution in [0.1, 0.15) is 59.1 Å². The van der Waals surface area contributed by atoms with Gasteiger partial charge in [-0.2, -0.15) is 0 Å². The van der Waals surface area contributed by atoms with Crippen molar-refractivity contribution < 1.29 is 9.59 Å². The maximum absolute atomic E-state index is 12.6. The SMILES string of the molecule is O=C(CCCC(=O)N1CCC(c2nccn2Cc2cc(Cl)ccc2Cl)CC1)c1cccs1. The standard InChI is InChI=1S/C24H25Cl2N3O2S/c25-19-6-7-20(26)18(15-19)16-29-13-10-27-24(29)17-8-11-28(12-9-17)23(31)5-1-3-21(30)22-4-2-14-32-22/h2,4,6-7,10,13-15,17H,1,3,5,8-9,11-12,16H2. The molecule has 0 unspecified atom stereocenters. The molecule has 0 bridgehead atoms. The fourth-order valence-electron chi connectivity index (χ4n) is 4.17. The molecular weight excluding hydrogens is 465 g/mol. The molecule has 3 heterocycles. The van der Waals surface area contributed by atoms with Crippen LogP contribution in [0.4, 0.5) is 0 Å². The van der Waals surface area contributed by atoms with Crippen LogP contribution in [0.15, 0.2) is 48.1 Å². The van der Waals surface area contributed by atoms with Crippen LogP contribution >= 0.6 is 34.5 Å². The maximum Gasteiger partial charge on any atom is 0.222 e. The number of Topliss-reactive ketones (excluding diaryl/α,β-unsaturated/α-hetero) is 1. The first-order chi connectivity index (χ1) is 15.5. The third-order valence-corrected chi connectivity index (χ3v) is 7.41. The predicted octanol–water partition coefficient (Wildman–Crippen LogP) is 6.06. The highest BCUT2D eigenvalue weighted by Gasteiger charge is 2.26. The van der Waals surface area contributed by atoms with Crippen LogP contribution in [-0.2, 0) is 11.3 Å². The van der Waals surface area contributed by atoms with Crippen molar-refractivity contribution in [1.29, 1.82) is 0 Å². The number of likely N-dealkylation sites (tertiary alicyclic amines) is 1. The molecule has 1 aliphatic heterocycles. The zero-order valence-corrected chi connectivity index (χ0v) is 20.0. The Morgan fingerprint density at radius 2 is 1.94 bits per heavy atom. The Morgan fingerprint density at radius 3 is 2.69 bits per heavy atom. The van der Waals surface area contributed by atoms with Gasteiger partial charge in [0, 0.05) is 54.3 Å². The number of hydrogen-bond donors (Lipinski definition) is 0. The Bertz CT molecular complexity index is 1070. The van der Waals surface area contributed by atoms with Gasteiger partial charge in [0.15, 0.2) is 5.78 Å². The molecule has 8 heteroatoms. The highest BCUT2D eigenvalue weighted by Crippen LogP contribution is 2.29. The van der Waals surface area contributed by atoms with Gasteiger partial charge in [0.2, 0.25) is 5.91 Å². The van der Waals surface area contributed by atoms with Crippen molar-refractivity contribution in [2.45, 2.75) is 44.6 Å². The Labute approximate surface area is 202 Å². The van der Waals surface area contributed by atoms with Crippen molar-refractivity contribution in [3.05, 3.63) is 74.4 Å². The number of carbonyl (C=O) groups excluding carboxylic acids is 2. The molecule has 0 saturated carbocycles. The summed E-state index contributed by atoms with van der Waals surface area (Å²) < 4.78 is 2.12. The van der Waals surface area contributed by atoms with Gasteiger partial charge in [0.1, 0.15) is 5.82 Å². The van der Waals surface area contributed by atoms with Gasteiger partial charge >= 0.3 is 0 Å². The number of piperidine rings is 1. The average molecular weight is 490 g/mol. The molecule has 0 N–H and O–H groups in total. The Morgan fingerprint density at radius 1 is 1.12 bits per heavy atom. The summed E-state index contributed by atoms with van der Waals surface area (Å²) in [5.74, 6) is 1.58. The van der Waals surface area contributed by atoms with E-state index in [0.29, 0.717) is 54.9 Å². The van der Waals surface area contributed by atoms with Gasteiger partial charge in [-0.15, -0.1) is 11.3 Å². The molecule has 32 heavy (non-hydrogen) atoms. The molecule has 1 amide bonds. The number of thiophene rings is 1. The zero-order chi connectivity index (χ0) is 22.5. The molecule has 0 atom stereocenters. The molecule has 0 spiro atoms. The van der Waals surface area contributed by atoms with Crippen molar-refractivity contribution in [3.63, 3.8) is 0 Å². The summed E-state index contributed by atoms with van der Waals surface area (Å²) in [6, 6.07) is 9.20. The monoisotopic (exact) mass is 489 g/mol.